The van der Waals surface area contributed by atoms with E-state index in [2.05, 4.69) is 9.99 Å². The first-order valence-corrected chi connectivity index (χ1v) is 2.89. The summed E-state index contributed by atoms with van der Waals surface area (Å²) >= 11 is 0. The van der Waals surface area contributed by atoms with E-state index in [0.29, 0.717) is 0 Å². The Morgan fingerprint density at radius 2 is 1.89 bits per heavy atom. The summed E-state index contributed by atoms with van der Waals surface area (Å²) in [5, 5.41) is 3.70. The Bertz CT molecular complexity index is 132. The van der Waals surface area contributed by atoms with Crippen LogP contribution in [0.4, 0.5) is 0 Å². The molecule has 52 valence electrons. The van der Waals surface area contributed by atoms with Gasteiger partial charge in [0.25, 0.3) is 0 Å². The number of hydrogen-bond acceptors (Lipinski definition) is 2. The zero-order valence-electron chi connectivity index (χ0n) is 6.43. The second-order valence-corrected chi connectivity index (χ2v) is 2.14. The van der Waals surface area contributed by atoms with Gasteiger partial charge in [-0.05, 0) is 26.8 Å². The molecule has 0 saturated carbocycles. The number of allylic oxidation sites excluding steroid dienone is 2. The lowest BCUT2D eigenvalue weighted by Crippen LogP contribution is -1.86. The van der Waals surface area contributed by atoms with Gasteiger partial charge >= 0.3 is 0 Å². The molecule has 2 nitrogen and oxygen atoms in total. The molecule has 0 fully saturated rings. The summed E-state index contributed by atoms with van der Waals surface area (Å²) in [7, 11) is 1.54. The molecule has 0 spiro atoms. The molecule has 0 amide bonds. The zero-order valence-corrected chi connectivity index (χ0v) is 6.43. The highest BCUT2D eigenvalue weighted by atomic mass is 16.6. The minimum atomic E-state index is 0.900. The normalized spacial score (nSPS) is 10.9. The lowest BCUT2D eigenvalue weighted by atomic mass is 10.3. The van der Waals surface area contributed by atoms with Gasteiger partial charge in [-0.3, -0.25) is 0 Å². The minimum Gasteiger partial charge on any atom is -0.399 e. The molecule has 0 heterocycles. The average Bonchev–Trinajstić information content (AvgIpc) is 1.63. The van der Waals surface area contributed by atoms with Crippen LogP contribution in [0.25, 0.3) is 0 Å². The molecule has 0 unspecified atom stereocenters. The van der Waals surface area contributed by atoms with Crippen molar-refractivity contribution in [2.24, 2.45) is 5.16 Å². The first kappa shape index (κ1) is 8.21. The van der Waals surface area contributed by atoms with Crippen LogP contribution in [-0.2, 0) is 4.84 Å². The smallest absolute Gasteiger partial charge is 0.106 e. The fourth-order valence-electron chi connectivity index (χ4n) is 0.588. The van der Waals surface area contributed by atoms with Crippen molar-refractivity contribution < 1.29 is 4.84 Å². The third kappa shape index (κ3) is 5.07. The fraction of sp³-hybridized carbons (Fsp3) is 0.571. The molecule has 0 rings (SSSR count). The van der Waals surface area contributed by atoms with Crippen LogP contribution < -0.4 is 0 Å². The summed E-state index contributed by atoms with van der Waals surface area (Å²) in [4.78, 5) is 4.55. The van der Waals surface area contributed by atoms with E-state index in [9.17, 15) is 0 Å². The van der Waals surface area contributed by atoms with Gasteiger partial charge in [0.1, 0.15) is 7.11 Å². The minimum absolute atomic E-state index is 0.900. The quantitative estimate of drug-likeness (QED) is 0.410. The maximum Gasteiger partial charge on any atom is 0.106 e. The van der Waals surface area contributed by atoms with E-state index in [4.69, 9.17) is 0 Å². The lowest BCUT2D eigenvalue weighted by molar-refractivity contribution is 0.213. The maximum atomic E-state index is 4.55. The van der Waals surface area contributed by atoms with E-state index < -0.39 is 0 Å². The van der Waals surface area contributed by atoms with Gasteiger partial charge in [0.2, 0.25) is 0 Å². The van der Waals surface area contributed by atoms with Crippen molar-refractivity contribution in [1.29, 1.82) is 0 Å². The standard InChI is InChI=1S/C7H13NO/c1-6(2)5-7(3)8-9-4/h5H,1-4H3/b8-7+. The van der Waals surface area contributed by atoms with Gasteiger partial charge in [-0.15, -0.1) is 0 Å². The van der Waals surface area contributed by atoms with E-state index in [1.165, 1.54) is 5.57 Å². The Balaban J connectivity index is 3.90. The number of oxime groups is 1. The monoisotopic (exact) mass is 127 g/mol. The molecule has 9 heavy (non-hydrogen) atoms. The van der Waals surface area contributed by atoms with E-state index in [0.717, 1.165) is 5.71 Å². The van der Waals surface area contributed by atoms with Crippen LogP contribution in [0.5, 0.6) is 0 Å². The molecule has 0 aromatic carbocycles. The predicted octanol–water partition coefficient (Wildman–Crippen LogP) is 1.97. The van der Waals surface area contributed by atoms with Crippen LogP contribution >= 0.6 is 0 Å². The first-order chi connectivity index (χ1) is 4.16. The topological polar surface area (TPSA) is 21.6 Å². The molecule has 0 radical (unpaired) electrons. The zero-order chi connectivity index (χ0) is 7.28. The summed E-state index contributed by atoms with van der Waals surface area (Å²) < 4.78 is 0. The van der Waals surface area contributed by atoms with Crippen molar-refractivity contribution in [2.75, 3.05) is 7.11 Å². The van der Waals surface area contributed by atoms with Crippen LogP contribution in [0, 0.1) is 0 Å². The Hall–Kier alpha value is -0.790. The second-order valence-electron chi connectivity index (χ2n) is 2.14. The lowest BCUT2D eigenvalue weighted by Gasteiger charge is -1.90. The van der Waals surface area contributed by atoms with Crippen molar-refractivity contribution in [2.45, 2.75) is 20.8 Å². The Labute approximate surface area is 56.2 Å². The molecule has 0 bridgehead atoms. The number of rotatable bonds is 2. The third-order valence-electron chi connectivity index (χ3n) is 0.733. The Morgan fingerprint density at radius 1 is 1.33 bits per heavy atom. The summed E-state index contributed by atoms with van der Waals surface area (Å²) in [6, 6.07) is 0. The summed E-state index contributed by atoms with van der Waals surface area (Å²) in [6.07, 6.45) is 1.96. The largest absolute Gasteiger partial charge is 0.399 e. The molecular weight excluding hydrogens is 114 g/mol. The molecule has 0 aliphatic rings. The molecule has 0 saturated heterocycles. The summed E-state index contributed by atoms with van der Waals surface area (Å²) in [6.45, 7) is 5.94. The highest BCUT2D eigenvalue weighted by Crippen LogP contribution is 1.90. The van der Waals surface area contributed by atoms with Gasteiger partial charge in [-0.2, -0.15) is 0 Å². The number of nitrogens with zero attached hydrogens (tertiary/aromatic N) is 1. The van der Waals surface area contributed by atoms with Gasteiger partial charge in [-0.25, -0.2) is 0 Å². The van der Waals surface area contributed by atoms with Crippen LogP contribution in [-0.4, -0.2) is 12.8 Å². The maximum absolute atomic E-state index is 4.55. The Morgan fingerprint density at radius 3 is 2.22 bits per heavy atom. The first-order valence-electron chi connectivity index (χ1n) is 2.89. The van der Waals surface area contributed by atoms with Gasteiger partial charge in [-0.1, -0.05) is 10.7 Å². The highest BCUT2D eigenvalue weighted by Gasteiger charge is 1.82. The molecule has 2 heteroatoms. The third-order valence-corrected chi connectivity index (χ3v) is 0.733. The predicted molar refractivity (Wildman–Crippen MR) is 39.5 cm³/mol. The van der Waals surface area contributed by atoms with Gasteiger partial charge < -0.3 is 4.84 Å². The molecule has 0 aromatic heterocycles. The SMILES string of the molecule is CO/N=C(\C)C=C(C)C. The summed E-state index contributed by atoms with van der Waals surface area (Å²) in [5.74, 6) is 0. The van der Waals surface area contributed by atoms with Crippen molar-refractivity contribution in [3.63, 3.8) is 0 Å². The molecule has 0 aliphatic carbocycles. The van der Waals surface area contributed by atoms with Crippen molar-refractivity contribution >= 4 is 5.71 Å². The van der Waals surface area contributed by atoms with Crippen molar-refractivity contribution in [3.8, 4) is 0 Å². The number of hydrogen-bond donors (Lipinski definition) is 0. The van der Waals surface area contributed by atoms with Crippen molar-refractivity contribution in [3.05, 3.63) is 11.6 Å². The van der Waals surface area contributed by atoms with E-state index in [-0.39, 0.29) is 0 Å². The second kappa shape index (κ2) is 4.13. The van der Waals surface area contributed by atoms with E-state index in [1.807, 2.05) is 26.8 Å². The van der Waals surface area contributed by atoms with Crippen LogP contribution in [0.2, 0.25) is 0 Å². The van der Waals surface area contributed by atoms with Gasteiger partial charge in [0.05, 0.1) is 5.71 Å². The van der Waals surface area contributed by atoms with E-state index >= 15 is 0 Å². The highest BCUT2D eigenvalue weighted by molar-refractivity contribution is 5.92. The van der Waals surface area contributed by atoms with E-state index in [1.54, 1.807) is 7.11 Å². The molecule has 0 N–H and O–H groups in total. The van der Waals surface area contributed by atoms with Crippen LogP contribution in [0.15, 0.2) is 16.8 Å². The van der Waals surface area contributed by atoms with Crippen LogP contribution in [0.1, 0.15) is 20.8 Å². The summed E-state index contributed by atoms with van der Waals surface area (Å²) in [5.41, 5.74) is 2.13. The molecule has 0 aromatic rings. The average molecular weight is 127 g/mol. The fourth-order valence-corrected chi connectivity index (χ4v) is 0.588. The van der Waals surface area contributed by atoms with Crippen LogP contribution in [0.3, 0.4) is 0 Å². The molecule has 0 atom stereocenters. The molecular formula is C7H13NO. The van der Waals surface area contributed by atoms with Gasteiger partial charge in [0.15, 0.2) is 0 Å². The Kier molecular flexibility index (Phi) is 3.76. The van der Waals surface area contributed by atoms with Crippen molar-refractivity contribution in [1.82, 2.24) is 0 Å². The van der Waals surface area contributed by atoms with Gasteiger partial charge in [0, 0.05) is 0 Å². The molecule has 0 aliphatic heterocycles.